The van der Waals surface area contributed by atoms with E-state index in [2.05, 4.69) is 22.9 Å². The van der Waals surface area contributed by atoms with Crippen molar-refractivity contribution >= 4 is 15.9 Å². The van der Waals surface area contributed by atoms with Crippen LogP contribution in [0, 0.1) is 0 Å². The van der Waals surface area contributed by atoms with Gasteiger partial charge < -0.3 is 14.6 Å². The van der Waals surface area contributed by atoms with Crippen molar-refractivity contribution in [2.75, 3.05) is 0 Å². The van der Waals surface area contributed by atoms with E-state index in [1.54, 1.807) is 0 Å². The maximum absolute atomic E-state index is 10.2. The number of aliphatic hydroxyl groups is 1. The van der Waals surface area contributed by atoms with E-state index >= 15 is 0 Å². The van der Waals surface area contributed by atoms with Crippen molar-refractivity contribution in [1.82, 2.24) is 0 Å². The van der Waals surface area contributed by atoms with Crippen molar-refractivity contribution in [1.29, 1.82) is 0 Å². The van der Waals surface area contributed by atoms with Gasteiger partial charge in [-0.1, -0.05) is 22.0 Å². The van der Waals surface area contributed by atoms with Gasteiger partial charge in [-0.2, -0.15) is 0 Å². The quantitative estimate of drug-likeness (QED) is 0.865. The summed E-state index contributed by atoms with van der Waals surface area (Å²) in [6.45, 7) is 2.09. The predicted molar refractivity (Wildman–Crippen MR) is 71.7 cm³/mol. The molecule has 2 aliphatic heterocycles. The number of hydrogen-bond donors (Lipinski definition) is 1. The Morgan fingerprint density at radius 1 is 1.28 bits per heavy atom. The van der Waals surface area contributed by atoms with Crippen molar-refractivity contribution in [3.05, 3.63) is 28.2 Å². The van der Waals surface area contributed by atoms with Crippen LogP contribution in [0.3, 0.4) is 0 Å². The normalized spacial score (nSPS) is 35.1. The van der Waals surface area contributed by atoms with Crippen LogP contribution in [0.25, 0.3) is 0 Å². The third-order valence-corrected chi connectivity index (χ3v) is 4.24. The number of ether oxygens (including phenoxy) is 2. The van der Waals surface area contributed by atoms with Gasteiger partial charge in [0, 0.05) is 16.5 Å². The van der Waals surface area contributed by atoms with Crippen LogP contribution in [0.2, 0.25) is 0 Å². The monoisotopic (exact) mass is 312 g/mol. The Kier molecular flexibility index (Phi) is 3.34. The molecule has 3 nitrogen and oxygen atoms in total. The number of fused-ring (bicyclic) bond motifs is 1. The van der Waals surface area contributed by atoms with E-state index in [9.17, 15) is 5.11 Å². The number of aliphatic hydroxyl groups excluding tert-OH is 1. The SMILES string of the molecule is CC1CCC(C2C[C@@H](O)c3ccc(Br)cc3O2)O1. The lowest BCUT2D eigenvalue weighted by atomic mass is 9.95. The van der Waals surface area contributed by atoms with Crippen molar-refractivity contribution in [3.8, 4) is 5.75 Å². The lowest BCUT2D eigenvalue weighted by molar-refractivity contribution is -0.0465. The summed E-state index contributed by atoms with van der Waals surface area (Å²) in [5.41, 5.74) is 0.875. The van der Waals surface area contributed by atoms with Gasteiger partial charge in [0.2, 0.25) is 0 Å². The Labute approximate surface area is 115 Å². The molecule has 3 rings (SSSR count). The van der Waals surface area contributed by atoms with Gasteiger partial charge in [-0.15, -0.1) is 0 Å². The molecule has 0 bridgehead atoms. The molecule has 4 heteroatoms. The Hall–Kier alpha value is -0.580. The topological polar surface area (TPSA) is 38.7 Å². The van der Waals surface area contributed by atoms with Crippen LogP contribution in [-0.4, -0.2) is 23.4 Å². The smallest absolute Gasteiger partial charge is 0.128 e. The molecule has 0 spiro atoms. The summed E-state index contributed by atoms with van der Waals surface area (Å²) >= 11 is 3.43. The average Bonchev–Trinajstić information content (AvgIpc) is 2.75. The van der Waals surface area contributed by atoms with Crippen molar-refractivity contribution in [3.63, 3.8) is 0 Å². The van der Waals surface area contributed by atoms with E-state index in [0.29, 0.717) is 12.5 Å². The summed E-state index contributed by atoms with van der Waals surface area (Å²) in [6, 6.07) is 5.77. The van der Waals surface area contributed by atoms with Crippen LogP contribution < -0.4 is 4.74 Å². The summed E-state index contributed by atoms with van der Waals surface area (Å²) in [5, 5.41) is 10.2. The van der Waals surface area contributed by atoms with Crippen LogP contribution in [-0.2, 0) is 4.74 Å². The second kappa shape index (κ2) is 4.83. The van der Waals surface area contributed by atoms with Crippen LogP contribution in [0.1, 0.15) is 37.9 Å². The zero-order valence-electron chi connectivity index (χ0n) is 10.3. The molecule has 1 saturated heterocycles. The average molecular weight is 313 g/mol. The lowest BCUT2D eigenvalue weighted by Crippen LogP contribution is -2.36. The number of benzene rings is 1. The largest absolute Gasteiger partial charge is 0.487 e. The van der Waals surface area contributed by atoms with Crippen LogP contribution in [0.5, 0.6) is 5.75 Å². The molecule has 0 aliphatic carbocycles. The number of rotatable bonds is 1. The fourth-order valence-electron chi connectivity index (χ4n) is 2.78. The van der Waals surface area contributed by atoms with Gasteiger partial charge in [-0.3, -0.25) is 0 Å². The van der Waals surface area contributed by atoms with Gasteiger partial charge >= 0.3 is 0 Å². The van der Waals surface area contributed by atoms with E-state index in [1.807, 2.05) is 18.2 Å². The highest BCUT2D eigenvalue weighted by atomic mass is 79.9. The molecule has 4 atom stereocenters. The predicted octanol–water partition coefficient (Wildman–Crippen LogP) is 3.20. The Balaban J connectivity index is 1.82. The highest BCUT2D eigenvalue weighted by Gasteiger charge is 2.36. The van der Waals surface area contributed by atoms with Crippen molar-refractivity contribution in [2.24, 2.45) is 0 Å². The van der Waals surface area contributed by atoms with Crippen LogP contribution >= 0.6 is 15.9 Å². The van der Waals surface area contributed by atoms with Gasteiger partial charge in [0.1, 0.15) is 11.9 Å². The summed E-state index contributed by atoms with van der Waals surface area (Å²) in [6.07, 6.45) is 2.64. The minimum Gasteiger partial charge on any atom is -0.487 e. The van der Waals surface area contributed by atoms with E-state index in [1.165, 1.54) is 0 Å². The first-order chi connectivity index (χ1) is 8.63. The highest BCUT2D eigenvalue weighted by Crippen LogP contribution is 2.39. The van der Waals surface area contributed by atoms with E-state index in [4.69, 9.17) is 9.47 Å². The first kappa shape index (κ1) is 12.5. The molecule has 3 unspecified atom stereocenters. The third kappa shape index (κ3) is 2.29. The van der Waals surface area contributed by atoms with E-state index in [-0.39, 0.29) is 12.2 Å². The lowest BCUT2D eigenvalue weighted by Gasteiger charge is -2.33. The number of halogens is 1. The van der Waals surface area contributed by atoms with Gasteiger partial charge in [-0.05, 0) is 31.9 Å². The van der Waals surface area contributed by atoms with Gasteiger partial charge in [0.25, 0.3) is 0 Å². The molecular weight excluding hydrogens is 296 g/mol. The molecule has 1 N–H and O–H groups in total. The molecule has 18 heavy (non-hydrogen) atoms. The summed E-state index contributed by atoms with van der Waals surface area (Å²) in [4.78, 5) is 0. The fraction of sp³-hybridized carbons (Fsp3) is 0.571. The van der Waals surface area contributed by atoms with Gasteiger partial charge in [0.15, 0.2) is 0 Å². The van der Waals surface area contributed by atoms with Crippen LogP contribution in [0.15, 0.2) is 22.7 Å². The molecule has 1 fully saturated rings. The second-order valence-electron chi connectivity index (χ2n) is 5.15. The molecule has 0 amide bonds. The summed E-state index contributed by atoms with van der Waals surface area (Å²) in [7, 11) is 0. The maximum atomic E-state index is 10.2. The highest BCUT2D eigenvalue weighted by molar-refractivity contribution is 9.10. The summed E-state index contributed by atoms with van der Waals surface area (Å²) < 4.78 is 12.8. The first-order valence-electron chi connectivity index (χ1n) is 6.43. The standard InChI is InChI=1S/C14H17BrO3/c1-8-2-5-12(17-8)14-7-11(16)10-4-3-9(15)6-13(10)18-14/h3-4,6,8,11-12,14,16H,2,5,7H2,1H3/t8?,11-,12?,14?/m1/s1. The Morgan fingerprint density at radius 3 is 2.83 bits per heavy atom. The maximum Gasteiger partial charge on any atom is 0.128 e. The zero-order valence-corrected chi connectivity index (χ0v) is 11.9. The zero-order chi connectivity index (χ0) is 12.7. The van der Waals surface area contributed by atoms with Crippen molar-refractivity contribution < 1.29 is 14.6 Å². The minimum absolute atomic E-state index is 0.0354. The fourth-order valence-corrected chi connectivity index (χ4v) is 3.12. The first-order valence-corrected chi connectivity index (χ1v) is 7.22. The third-order valence-electron chi connectivity index (χ3n) is 3.75. The molecule has 0 aromatic heterocycles. The molecule has 0 radical (unpaired) electrons. The molecule has 0 saturated carbocycles. The van der Waals surface area contributed by atoms with Crippen LogP contribution in [0.4, 0.5) is 0 Å². The Bertz CT molecular complexity index is 449. The van der Waals surface area contributed by atoms with Crippen molar-refractivity contribution in [2.45, 2.75) is 50.6 Å². The van der Waals surface area contributed by atoms with E-state index < -0.39 is 6.10 Å². The molecule has 1 aromatic rings. The van der Waals surface area contributed by atoms with Gasteiger partial charge in [-0.25, -0.2) is 0 Å². The molecule has 2 aliphatic rings. The molecular formula is C14H17BrO3. The minimum atomic E-state index is -0.452. The molecule has 1 aromatic carbocycles. The van der Waals surface area contributed by atoms with Gasteiger partial charge in [0.05, 0.1) is 18.3 Å². The summed E-state index contributed by atoms with van der Waals surface area (Å²) in [5.74, 6) is 0.774. The second-order valence-corrected chi connectivity index (χ2v) is 6.07. The molecule has 98 valence electrons. The number of hydrogen-bond acceptors (Lipinski definition) is 3. The Morgan fingerprint density at radius 2 is 2.11 bits per heavy atom. The van der Waals surface area contributed by atoms with E-state index in [0.717, 1.165) is 28.6 Å². The molecule has 2 heterocycles.